The quantitative estimate of drug-likeness (QED) is 0.474. The Morgan fingerprint density at radius 1 is 0.852 bits per heavy atom. The topological polar surface area (TPSA) is 54.9 Å². The summed E-state index contributed by atoms with van der Waals surface area (Å²) in [6.07, 6.45) is 1.71. The number of nitrogens with zero attached hydrogens (tertiary/aromatic N) is 2. The Bertz CT molecular complexity index is 1150. The molecule has 2 heterocycles. The lowest BCUT2D eigenvalue weighted by molar-refractivity contribution is 0.102. The van der Waals surface area contributed by atoms with Crippen LogP contribution in [0.15, 0.2) is 72.9 Å². The highest BCUT2D eigenvalue weighted by Crippen LogP contribution is 2.28. The molecule has 0 fully saturated rings. The van der Waals surface area contributed by atoms with Crippen LogP contribution in [0.25, 0.3) is 22.2 Å². The van der Waals surface area contributed by atoms with Crippen molar-refractivity contribution in [1.29, 1.82) is 0 Å². The van der Waals surface area contributed by atoms with Crippen LogP contribution in [-0.4, -0.2) is 15.9 Å². The summed E-state index contributed by atoms with van der Waals surface area (Å²) in [6.45, 7) is 0. The fraction of sp³-hybridized carbons (Fsp3) is 0. The number of pyridine rings is 2. The van der Waals surface area contributed by atoms with Gasteiger partial charge in [-0.05, 0) is 41.8 Å². The van der Waals surface area contributed by atoms with Crippen molar-refractivity contribution in [2.45, 2.75) is 0 Å². The Labute approximate surface area is 165 Å². The van der Waals surface area contributed by atoms with E-state index in [1.54, 1.807) is 18.3 Å². The predicted octanol–water partition coefficient (Wildman–Crippen LogP) is 5.86. The van der Waals surface area contributed by atoms with Gasteiger partial charge in [-0.25, -0.2) is 4.98 Å². The second kappa shape index (κ2) is 7.35. The lowest BCUT2D eigenvalue weighted by Gasteiger charge is -2.11. The zero-order valence-corrected chi connectivity index (χ0v) is 15.5. The first kappa shape index (κ1) is 17.5. The standard InChI is InChI=1S/C21H13Cl2N3O/c22-16-9-8-14(11-17(16)23)21(27)26-20-15-6-2-1-5-13(15)12-19(25-20)18-7-3-4-10-24-18/h1-12H,(H,25,26,27). The number of carbonyl (C=O) groups excluding carboxylic acids is 1. The van der Waals surface area contributed by atoms with Gasteiger partial charge in [-0.1, -0.05) is 53.5 Å². The number of rotatable bonds is 3. The zero-order chi connectivity index (χ0) is 18.8. The number of hydrogen-bond acceptors (Lipinski definition) is 3. The zero-order valence-electron chi connectivity index (χ0n) is 14.0. The van der Waals surface area contributed by atoms with E-state index in [1.165, 1.54) is 6.07 Å². The number of carbonyl (C=O) groups is 1. The molecular formula is C21H13Cl2N3O. The van der Waals surface area contributed by atoms with Crippen LogP contribution < -0.4 is 5.32 Å². The van der Waals surface area contributed by atoms with Crippen molar-refractivity contribution in [3.8, 4) is 11.4 Å². The summed E-state index contributed by atoms with van der Waals surface area (Å²) in [5, 5.41) is 5.39. The second-order valence-electron chi connectivity index (χ2n) is 5.88. The number of amides is 1. The van der Waals surface area contributed by atoms with Crippen LogP contribution in [0.5, 0.6) is 0 Å². The predicted molar refractivity (Wildman–Crippen MR) is 109 cm³/mol. The fourth-order valence-corrected chi connectivity index (χ4v) is 3.05. The molecule has 2 aromatic heterocycles. The molecule has 0 aliphatic carbocycles. The highest BCUT2D eigenvalue weighted by molar-refractivity contribution is 6.42. The van der Waals surface area contributed by atoms with E-state index in [-0.39, 0.29) is 5.91 Å². The van der Waals surface area contributed by atoms with Crippen LogP contribution in [0.3, 0.4) is 0 Å². The second-order valence-corrected chi connectivity index (χ2v) is 6.69. The maximum atomic E-state index is 12.7. The molecular weight excluding hydrogens is 381 g/mol. The van der Waals surface area contributed by atoms with Gasteiger partial charge in [0, 0.05) is 17.1 Å². The minimum absolute atomic E-state index is 0.315. The summed E-state index contributed by atoms with van der Waals surface area (Å²) in [7, 11) is 0. The summed E-state index contributed by atoms with van der Waals surface area (Å²) in [6, 6.07) is 20.0. The third-order valence-corrected chi connectivity index (χ3v) is 4.82. The molecule has 0 unspecified atom stereocenters. The van der Waals surface area contributed by atoms with Crippen molar-refractivity contribution in [2.75, 3.05) is 5.32 Å². The molecule has 0 aliphatic rings. The van der Waals surface area contributed by atoms with E-state index in [0.717, 1.165) is 16.5 Å². The molecule has 4 rings (SSSR count). The van der Waals surface area contributed by atoms with Crippen LogP contribution in [0.1, 0.15) is 10.4 Å². The van der Waals surface area contributed by atoms with Gasteiger partial charge in [-0.3, -0.25) is 9.78 Å². The van der Waals surface area contributed by atoms with E-state index in [9.17, 15) is 4.79 Å². The minimum Gasteiger partial charge on any atom is -0.306 e. The van der Waals surface area contributed by atoms with Crippen molar-refractivity contribution >= 4 is 45.7 Å². The van der Waals surface area contributed by atoms with Crippen molar-refractivity contribution in [3.05, 3.63) is 88.5 Å². The van der Waals surface area contributed by atoms with Gasteiger partial charge in [0.15, 0.2) is 0 Å². The Kier molecular flexibility index (Phi) is 4.75. The summed E-state index contributed by atoms with van der Waals surface area (Å²) < 4.78 is 0. The van der Waals surface area contributed by atoms with Gasteiger partial charge in [0.1, 0.15) is 5.82 Å². The summed E-state index contributed by atoms with van der Waals surface area (Å²) >= 11 is 12.0. The number of nitrogens with one attached hydrogen (secondary N) is 1. The maximum Gasteiger partial charge on any atom is 0.256 e. The van der Waals surface area contributed by atoms with Gasteiger partial charge in [0.2, 0.25) is 0 Å². The molecule has 0 bridgehead atoms. The smallest absolute Gasteiger partial charge is 0.256 e. The van der Waals surface area contributed by atoms with Gasteiger partial charge in [0.05, 0.1) is 21.4 Å². The molecule has 6 heteroatoms. The highest BCUT2D eigenvalue weighted by Gasteiger charge is 2.13. The Morgan fingerprint density at radius 3 is 2.44 bits per heavy atom. The number of anilines is 1. The first-order valence-electron chi connectivity index (χ1n) is 8.19. The van der Waals surface area contributed by atoms with E-state index in [2.05, 4.69) is 15.3 Å². The Hall–Kier alpha value is -2.95. The van der Waals surface area contributed by atoms with Gasteiger partial charge in [-0.2, -0.15) is 0 Å². The molecule has 0 saturated carbocycles. The van der Waals surface area contributed by atoms with E-state index in [0.29, 0.717) is 27.1 Å². The van der Waals surface area contributed by atoms with Gasteiger partial charge < -0.3 is 5.32 Å². The minimum atomic E-state index is -0.315. The van der Waals surface area contributed by atoms with Gasteiger partial charge in [-0.15, -0.1) is 0 Å². The first-order chi connectivity index (χ1) is 13.1. The monoisotopic (exact) mass is 393 g/mol. The van der Waals surface area contributed by atoms with Crippen molar-refractivity contribution in [3.63, 3.8) is 0 Å². The molecule has 4 aromatic rings. The average Bonchev–Trinajstić information content (AvgIpc) is 2.70. The largest absolute Gasteiger partial charge is 0.306 e. The highest BCUT2D eigenvalue weighted by atomic mass is 35.5. The van der Waals surface area contributed by atoms with E-state index < -0.39 is 0 Å². The van der Waals surface area contributed by atoms with Crippen molar-refractivity contribution in [2.24, 2.45) is 0 Å². The number of benzene rings is 2. The van der Waals surface area contributed by atoms with Crippen molar-refractivity contribution < 1.29 is 4.79 Å². The number of hydrogen-bond donors (Lipinski definition) is 1. The third kappa shape index (κ3) is 3.63. The van der Waals surface area contributed by atoms with E-state index in [1.807, 2.05) is 48.5 Å². The molecule has 1 N–H and O–H groups in total. The van der Waals surface area contributed by atoms with Crippen LogP contribution >= 0.6 is 23.2 Å². The molecule has 1 amide bonds. The molecule has 0 saturated heterocycles. The van der Waals surface area contributed by atoms with Crippen LogP contribution in [0.4, 0.5) is 5.82 Å². The molecule has 27 heavy (non-hydrogen) atoms. The molecule has 2 aromatic carbocycles. The Morgan fingerprint density at radius 2 is 1.67 bits per heavy atom. The molecule has 0 aliphatic heterocycles. The van der Waals surface area contributed by atoms with Crippen LogP contribution in [0, 0.1) is 0 Å². The summed E-state index contributed by atoms with van der Waals surface area (Å²) in [5.74, 6) is 0.147. The van der Waals surface area contributed by atoms with Gasteiger partial charge >= 0.3 is 0 Å². The lowest BCUT2D eigenvalue weighted by atomic mass is 10.1. The molecule has 132 valence electrons. The normalized spacial score (nSPS) is 10.7. The van der Waals surface area contributed by atoms with Crippen molar-refractivity contribution in [1.82, 2.24) is 9.97 Å². The Balaban J connectivity index is 1.78. The third-order valence-electron chi connectivity index (χ3n) is 4.08. The first-order valence-corrected chi connectivity index (χ1v) is 8.95. The number of aromatic nitrogens is 2. The number of fused-ring (bicyclic) bond motifs is 1. The summed E-state index contributed by atoms with van der Waals surface area (Å²) in [5.41, 5.74) is 1.81. The summed E-state index contributed by atoms with van der Waals surface area (Å²) in [4.78, 5) is 21.7. The van der Waals surface area contributed by atoms with Gasteiger partial charge in [0.25, 0.3) is 5.91 Å². The molecule has 0 spiro atoms. The lowest BCUT2D eigenvalue weighted by Crippen LogP contribution is -2.13. The number of halogens is 2. The van der Waals surface area contributed by atoms with E-state index in [4.69, 9.17) is 23.2 Å². The molecule has 4 nitrogen and oxygen atoms in total. The molecule has 0 atom stereocenters. The SMILES string of the molecule is O=C(Nc1nc(-c2ccccn2)cc2ccccc12)c1ccc(Cl)c(Cl)c1. The fourth-order valence-electron chi connectivity index (χ4n) is 2.76. The van der Waals surface area contributed by atoms with Crippen LogP contribution in [-0.2, 0) is 0 Å². The average molecular weight is 394 g/mol. The van der Waals surface area contributed by atoms with E-state index >= 15 is 0 Å². The molecule has 0 radical (unpaired) electrons. The van der Waals surface area contributed by atoms with Crippen LogP contribution in [0.2, 0.25) is 10.0 Å². The maximum absolute atomic E-state index is 12.7.